The highest BCUT2D eigenvalue weighted by Gasteiger charge is 2.40. The molecule has 358 valence electrons. The number of benzene rings is 2. The molecule has 4 N–H and O–H groups in total. The van der Waals surface area contributed by atoms with Crippen LogP contribution in [0.5, 0.6) is 11.5 Å². The summed E-state index contributed by atoms with van der Waals surface area (Å²) in [6.07, 6.45) is 6.69. The highest BCUT2D eigenvalue weighted by molar-refractivity contribution is 5.88. The monoisotopic (exact) mass is 914 g/mol. The van der Waals surface area contributed by atoms with E-state index in [-0.39, 0.29) is 48.9 Å². The molecule has 2 aromatic heterocycles. The van der Waals surface area contributed by atoms with E-state index in [2.05, 4.69) is 20.6 Å². The number of aromatic amines is 2. The van der Waals surface area contributed by atoms with Crippen molar-refractivity contribution < 1.29 is 47.6 Å². The van der Waals surface area contributed by atoms with Crippen LogP contribution in [-0.2, 0) is 28.5 Å². The number of aromatic nitrogens is 4. The van der Waals surface area contributed by atoms with Gasteiger partial charge < -0.3 is 58.8 Å². The lowest BCUT2D eigenvalue weighted by Gasteiger charge is -2.30. The number of ether oxygens (including phenoxy) is 6. The number of nitrogens with one attached hydrogen (secondary N) is 4. The normalized spacial score (nSPS) is 17.8. The van der Waals surface area contributed by atoms with Crippen LogP contribution >= 0.6 is 0 Å². The molecule has 6 unspecified atom stereocenters. The lowest BCUT2D eigenvalue weighted by atomic mass is 9.97. The Morgan fingerprint density at radius 1 is 0.636 bits per heavy atom. The van der Waals surface area contributed by atoms with Gasteiger partial charge in [0.25, 0.3) is 0 Å². The van der Waals surface area contributed by atoms with E-state index in [0.29, 0.717) is 80.0 Å². The Balaban J connectivity index is 1.28. The first-order chi connectivity index (χ1) is 32.0. The zero-order valence-corrected chi connectivity index (χ0v) is 39.4. The Morgan fingerprint density at radius 3 is 1.55 bits per heavy atom. The van der Waals surface area contributed by atoms with Gasteiger partial charge in [-0.3, -0.25) is 9.59 Å². The molecular weight excluding hydrogens is 849 g/mol. The number of carbonyl (C=O) groups is 4. The maximum Gasteiger partial charge on any atom is 0.407 e. The SMILES string of the molecule is CCC(C)C(NC(=O)OC)C(=O)N1CCCC1c1ncc(-c2ccc(-c3ccc(-c4cnc(C5CCCN5C(=O)C(NC(=O)OC)C(C)CC)[nH]4)c(OCCOC)c3OCCOC)cc2)[nH]1. The van der Waals surface area contributed by atoms with E-state index in [9.17, 15) is 19.2 Å². The Labute approximate surface area is 386 Å². The fourth-order valence-corrected chi connectivity index (χ4v) is 8.59. The van der Waals surface area contributed by atoms with Crippen LogP contribution in [0.1, 0.15) is 90.0 Å². The molecular formula is C48H66N8O10. The van der Waals surface area contributed by atoms with Crippen LogP contribution < -0.4 is 20.1 Å². The van der Waals surface area contributed by atoms with Crippen LogP contribution in [0.2, 0.25) is 0 Å². The van der Waals surface area contributed by atoms with Gasteiger partial charge >= 0.3 is 12.2 Å². The number of amides is 4. The molecule has 2 fully saturated rings. The molecule has 0 bridgehead atoms. The van der Waals surface area contributed by atoms with Crippen molar-refractivity contribution in [2.24, 2.45) is 11.8 Å². The fraction of sp³-hybridized carbons (Fsp3) is 0.542. The van der Waals surface area contributed by atoms with Crippen molar-refractivity contribution in [3.8, 4) is 45.1 Å². The van der Waals surface area contributed by atoms with E-state index in [1.807, 2.05) is 69.0 Å². The number of H-pyrrole nitrogens is 2. The first-order valence-electron chi connectivity index (χ1n) is 22.9. The standard InChI is InChI=1S/C48H66N8O10/c1-9-29(3)39(53-47(59)63-7)45(57)55-21-11-13-37(55)43-49-27-35(51-43)32-17-15-31(16-18-32)33-19-20-34(42(66-26-24-62-6)41(33)65-25-23-61-5)36-28-50-44(52-36)38-14-12-22-56(38)46(58)40(30(4)10-2)54-48(60)64-8/h15-20,27-30,37-40H,9-14,21-26H2,1-8H3,(H,49,51)(H,50,52)(H,53,59)(H,54,60). The summed E-state index contributed by atoms with van der Waals surface area (Å²) in [6, 6.07) is 9.93. The average Bonchev–Trinajstić information content (AvgIpc) is 4.19. The van der Waals surface area contributed by atoms with Crippen molar-refractivity contribution in [1.29, 1.82) is 0 Å². The van der Waals surface area contributed by atoms with Crippen molar-refractivity contribution in [3.63, 3.8) is 0 Å². The Morgan fingerprint density at radius 2 is 1.08 bits per heavy atom. The lowest BCUT2D eigenvalue weighted by Crippen LogP contribution is -2.51. The molecule has 2 aromatic carbocycles. The molecule has 0 spiro atoms. The van der Waals surface area contributed by atoms with E-state index in [1.54, 1.807) is 31.5 Å². The molecule has 2 aliphatic rings. The summed E-state index contributed by atoms with van der Waals surface area (Å²) in [5.41, 5.74) is 4.74. The third kappa shape index (κ3) is 11.3. The van der Waals surface area contributed by atoms with Crippen molar-refractivity contribution in [2.45, 2.75) is 90.4 Å². The third-order valence-electron chi connectivity index (χ3n) is 12.7. The highest BCUT2D eigenvalue weighted by atomic mass is 16.6. The van der Waals surface area contributed by atoms with Gasteiger partial charge in [0.1, 0.15) is 36.9 Å². The molecule has 18 heteroatoms. The highest BCUT2D eigenvalue weighted by Crippen LogP contribution is 2.46. The smallest absolute Gasteiger partial charge is 0.407 e. The summed E-state index contributed by atoms with van der Waals surface area (Å²) < 4.78 is 33.4. The van der Waals surface area contributed by atoms with Crippen LogP contribution in [0, 0.1) is 11.8 Å². The molecule has 4 amide bonds. The number of rotatable bonds is 21. The molecule has 66 heavy (non-hydrogen) atoms. The molecule has 6 rings (SSSR count). The largest absolute Gasteiger partial charge is 0.487 e. The van der Waals surface area contributed by atoms with Gasteiger partial charge in [-0.05, 0) is 60.8 Å². The zero-order chi connectivity index (χ0) is 47.3. The first-order valence-corrected chi connectivity index (χ1v) is 22.9. The van der Waals surface area contributed by atoms with Crippen LogP contribution in [0.3, 0.4) is 0 Å². The second kappa shape index (κ2) is 23.4. The van der Waals surface area contributed by atoms with Crippen molar-refractivity contribution in [2.75, 3.05) is 68.0 Å². The second-order valence-corrected chi connectivity index (χ2v) is 16.8. The lowest BCUT2D eigenvalue weighted by molar-refractivity contribution is -0.136. The second-order valence-electron chi connectivity index (χ2n) is 16.8. The van der Waals surface area contributed by atoms with Crippen molar-refractivity contribution in [1.82, 2.24) is 40.4 Å². The zero-order valence-electron chi connectivity index (χ0n) is 39.4. The number of nitrogens with zero attached hydrogens (tertiary/aromatic N) is 4. The molecule has 4 aromatic rings. The Bertz CT molecular complexity index is 2250. The van der Waals surface area contributed by atoms with Gasteiger partial charge in [-0.2, -0.15) is 0 Å². The molecule has 0 aliphatic carbocycles. The minimum Gasteiger partial charge on any atom is -0.487 e. The van der Waals surface area contributed by atoms with Gasteiger partial charge in [-0.1, -0.05) is 64.8 Å². The number of likely N-dealkylation sites (tertiary alicyclic amines) is 2. The van der Waals surface area contributed by atoms with Gasteiger partial charge in [0, 0.05) is 38.4 Å². The Hall–Kier alpha value is -6.14. The maximum atomic E-state index is 14.0. The molecule has 2 saturated heterocycles. The van der Waals surface area contributed by atoms with E-state index in [1.165, 1.54) is 14.2 Å². The quantitative estimate of drug-likeness (QED) is 0.0620. The number of carbonyl (C=O) groups excluding carboxylic acids is 4. The predicted molar refractivity (Wildman–Crippen MR) is 247 cm³/mol. The summed E-state index contributed by atoms with van der Waals surface area (Å²) in [6.45, 7) is 10.1. The predicted octanol–water partition coefficient (Wildman–Crippen LogP) is 7.05. The molecule has 6 atom stereocenters. The minimum absolute atomic E-state index is 0.0868. The number of hydrogen-bond donors (Lipinski definition) is 4. The van der Waals surface area contributed by atoms with E-state index >= 15 is 0 Å². The van der Waals surface area contributed by atoms with Gasteiger partial charge in [0.05, 0.1) is 63.3 Å². The van der Waals surface area contributed by atoms with Gasteiger partial charge in [-0.25, -0.2) is 19.6 Å². The summed E-state index contributed by atoms with van der Waals surface area (Å²) >= 11 is 0. The number of methoxy groups -OCH3 is 4. The van der Waals surface area contributed by atoms with Gasteiger partial charge in [-0.15, -0.1) is 0 Å². The van der Waals surface area contributed by atoms with Crippen molar-refractivity contribution in [3.05, 3.63) is 60.4 Å². The van der Waals surface area contributed by atoms with Gasteiger partial charge in [0.2, 0.25) is 11.8 Å². The number of imidazole rings is 2. The van der Waals surface area contributed by atoms with E-state index in [4.69, 9.17) is 38.4 Å². The van der Waals surface area contributed by atoms with Crippen LogP contribution in [0.15, 0.2) is 48.8 Å². The topological polar surface area (TPSA) is 212 Å². The van der Waals surface area contributed by atoms with E-state index in [0.717, 1.165) is 41.6 Å². The van der Waals surface area contributed by atoms with Crippen LogP contribution in [0.4, 0.5) is 9.59 Å². The Kier molecular flexibility index (Phi) is 17.4. The fourth-order valence-electron chi connectivity index (χ4n) is 8.59. The van der Waals surface area contributed by atoms with Gasteiger partial charge in [0.15, 0.2) is 11.5 Å². The molecule has 0 saturated carbocycles. The van der Waals surface area contributed by atoms with E-state index < -0.39 is 24.3 Å². The van der Waals surface area contributed by atoms with Crippen LogP contribution in [0.25, 0.3) is 33.6 Å². The van der Waals surface area contributed by atoms with Crippen molar-refractivity contribution >= 4 is 24.0 Å². The molecule has 18 nitrogen and oxygen atoms in total. The summed E-state index contributed by atoms with van der Waals surface area (Å²) in [5, 5.41) is 5.50. The third-order valence-corrected chi connectivity index (χ3v) is 12.7. The number of alkyl carbamates (subject to hydrolysis) is 2. The summed E-state index contributed by atoms with van der Waals surface area (Å²) in [5.74, 6) is 1.79. The van der Waals surface area contributed by atoms with Crippen LogP contribution in [-0.4, -0.2) is 134 Å². The number of hydrogen-bond acceptors (Lipinski definition) is 12. The minimum atomic E-state index is -0.740. The summed E-state index contributed by atoms with van der Waals surface area (Å²) in [4.78, 5) is 72.4. The summed E-state index contributed by atoms with van der Waals surface area (Å²) in [7, 11) is 5.80. The molecule has 0 radical (unpaired) electrons. The molecule has 4 heterocycles. The first kappa shape index (κ1) is 49.3. The maximum absolute atomic E-state index is 14.0. The average molecular weight is 915 g/mol. The molecule has 2 aliphatic heterocycles.